The van der Waals surface area contributed by atoms with Crippen LogP contribution in [0.3, 0.4) is 0 Å². The standard InChI is InChI=1S/C12H14F2N2O/c1-3-7(2)16-6-11(17)15-12-9(14)4-8(13)5-10(12)16/h4-5,7H,3,6H2,1-2H3,(H,15,17). The molecule has 0 bridgehead atoms. The maximum absolute atomic E-state index is 13.6. The van der Waals surface area contributed by atoms with Crippen molar-refractivity contribution in [3.63, 3.8) is 0 Å². The molecule has 0 spiro atoms. The maximum atomic E-state index is 13.6. The van der Waals surface area contributed by atoms with E-state index in [2.05, 4.69) is 5.32 Å². The summed E-state index contributed by atoms with van der Waals surface area (Å²) < 4.78 is 26.8. The molecule has 5 heteroatoms. The minimum Gasteiger partial charge on any atom is -0.358 e. The zero-order chi connectivity index (χ0) is 12.6. The molecular weight excluding hydrogens is 226 g/mol. The summed E-state index contributed by atoms with van der Waals surface area (Å²) in [6, 6.07) is 2.09. The Kier molecular flexibility index (Phi) is 3.00. The molecule has 1 aromatic carbocycles. The topological polar surface area (TPSA) is 32.3 Å². The molecule has 0 radical (unpaired) electrons. The Morgan fingerprint density at radius 3 is 2.82 bits per heavy atom. The highest BCUT2D eigenvalue weighted by atomic mass is 19.1. The Morgan fingerprint density at radius 2 is 2.18 bits per heavy atom. The number of amides is 1. The number of fused-ring (bicyclic) bond motifs is 1. The predicted molar refractivity (Wildman–Crippen MR) is 62.1 cm³/mol. The zero-order valence-corrected chi connectivity index (χ0v) is 9.76. The molecule has 0 fully saturated rings. The molecule has 1 aromatic rings. The molecule has 92 valence electrons. The summed E-state index contributed by atoms with van der Waals surface area (Å²) in [7, 11) is 0. The molecule has 1 aliphatic rings. The third kappa shape index (κ3) is 2.09. The van der Waals surface area contributed by atoms with Crippen molar-refractivity contribution in [2.24, 2.45) is 0 Å². The number of hydrogen-bond donors (Lipinski definition) is 1. The summed E-state index contributed by atoms with van der Waals surface area (Å²) in [5, 5.41) is 2.44. The lowest BCUT2D eigenvalue weighted by Crippen LogP contribution is -2.43. The van der Waals surface area contributed by atoms with Gasteiger partial charge < -0.3 is 10.2 Å². The normalized spacial score (nSPS) is 16.5. The lowest BCUT2D eigenvalue weighted by Gasteiger charge is -2.35. The number of nitrogens with one attached hydrogen (secondary N) is 1. The van der Waals surface area contributed by atoms with Gasteiger partial charge in [0.1, 0.15) is 11.5 Å². The van der Waals surface area contributed by atoms with Gasteiger partial charge in [-0.1, -0.05) is 6.92 Å². The molecule has 3 nitrogen and oxygen atoms in total. The number of carbonyl (C=O) groups excluding carboxylic acids is 1. The minimum absolute atomic E-state index is 0.0565. The van der Waals surface area contributed by atoms with E-state index in [0.717, 1.165) is 12.5 Å². The largest absolute Gasteiger partial charge is 0.358 e. The summed E-state index contributed by atoms with van der Waals surface area (Å²) in [5.74, 6) is -1.64. The van der Waals surface area contributed by atoms with E-state index in [-0.39, 0.29) is 24.2 Å². The van der Waals surface area contributed by atoms with Gasteiger partial charge in [0.05, 0.1) is 12.2 Å². The van der Waals surface area contributed by atoms with Crippen LogP contribution in [-0.4, -0.2) is 18.5 Å². The van der Waals surface area contributed by atoms with Gasteiger partial charge in [-0.05, 0) is 19.4 Å². The van der Waals surface area contributed by atoms with E-state index in [1.54, 1.807) is 4.90 Å². The number of rotatable bonds is 2. The SMILES string of the molecule is CCC(C)N1CC(=O)Nc2c(F)cc(F)cc21. The highest BCUT2D eigenvalue weighted by Gasteiger charge is 2.27. The van der Waals surface area contributed by atoms with E-state index >= 15 is 0 Å². The monoisotopic (exact) mass is 240 g/mol. The fourth-order valence-electron chi connectivity index (χ4n) is 1.94. The van der Waals surface area contributed by atoms with Crippen LogP contribution in [0.2, 0.25) is 0 Å². The summed E-state index contributed by atoms with van der Waals surface area (Å²) in [4.78, 5) is 13.2. The number of nitrogens with zero attached hydrogens (tertiary/aromatic N) is 1. The van der Waals surface area contributed by atoms with Gasteiger partial charge in [-0.3, -0.25) is 4.79 Å². The number of halogens is 2. The summed E-state index contributed by atoms with van der Waals surface area (Å²) in [6.45, 7) is 4.02. The Hall–Kier alpha value is -1.65. The van der Waals surface area contributed by atoms with Crippen LogP contribution in [0.5, 0.6) is 0 Å². The zero-order valence-electron chi connectivity index (χ0n) is 9.76. The average molecular weight is 240 g/mol. The molecule has 1 amide bonds. The van der Waals surface area contributed by atoms with Gasteiger partial charge in [-0.25, -0.2) is 8.78 Å². The van der Waals surface area contributed by atoms with Gasteiger partial charge in [-0.2, -0.15) is 0 Å². The third-order valence-corrected chi connectivity index (χ3v) is 3.04. The Bertz CT molecular complexity index is 462. The first-order valence-electron chi connectivity index (χ1n) is 5.58. The first kappa shape index (κ1) is 11.8. The van der Waals surface area contributed by atoms with Crippen molar-refractivity contribution in [2.45, 2.75) is 26.3 Å². The molecule has 0 saturated carbocycles. The molecule has 0 saturated heterocycles. The van der Waals surface area contributed by atoms with Gasteiger partial charge in [0.15, 0.2) is 5.82 Å². The van der Waals surface area contributed by atoms with E-state index in [1.807, 2.05) is 13.8 Å². The highest BCUT2D eigenvalue weighted by Crippen LogP contribution is 2.34. The Labute approximate surface area is 98.4 Å². The lowest BCUT2D eigenvalue weighted by molar-refractivity contribution is -0.115. The molecule has 0 aliphatic carbocycles. The van der Waals surface area contributed by atoms with Gasteiger partial charge >= 0.3 is 0 Å². The maximum Gasteiger partial charge on any atom is 0.244 e. The van der Waals surface area contributed by atoms with Crippen molar-refractivity contribution in [2.75, 3.05) is 16.8 Å². The molecule has 1 N–H and O–H groups in total. The minimum atomic E-state index is -0.735. The van der Waals surface area contributed by atoms with Crippen LogP contribution in [0, 0.1) is 11.6 Å². The van der Waals surface area contributed by atoms with E-state index in [1.165, 1.54) is 6.07 Å². The van der Waals surface area contributed by atoms with Crippen molar-refractivity contribution in [1.29, 1.82) is 0 Å². The van der Waals surface area contributed by atoms with Crippen LogP contribution in [-0.2, 0) is 4.79 Å². The molecule has 0 aromatic heterocycles. The second kappa shape index (κ2) is 4.31. The summed E-state index contributed by atoms with van der Waals surface area (Å²) >= 11 is 0. The quantitative estimate of drug-likeness (QED) is 0.861. The van der Waals surface area contributed by atoms with Crippen LogP contribution < -0.4 is 10.2 Å². The van der Waals surface area contributed by atoms with Crippen LogP contribution in [0.25, 0.3) is 0 Å². The fourth-order valence-corrected chi connectivity index (χ4v) is 1.94. The van der Waals surface area contributed by atoms with E-state index in [4.69, 9.17) is 0 Å². The predicted octanol–water partition coefficient (Wildman–Crippen LogP) is 2.52. The fraction of sp³-hybridized carbons (Fsp3) is 0.417. The number of benzene rings is 1. The van der Waals surface area contributed by atoms with Gasteiger partial charge in [0, 0.05) is 12.1 Å². The highest BCUT2D eigenvalue weighted by molar-refractivity contribution is 6.01. The van der Waals surface area contributed by atoms with Crippen molar-refractivity contribution >= 4 is 17.3 Å². The van der Waals surface area contributed by atoms with Crippen LogP contribution >= 0.6 is 0 Å². The first-order valence-corrected chi connectivity index (χ1v) is 5.58. The van der Waals surface area contributed by atoms with Crippen LogP contribution in [0.15, 0.2) is 12.1 Å². The molecule has 1 atom stereocenters. The van der Waals surface area contributed by atoms with Crippen molar-refractivity contribution in [1.82, 2.24) is 0 Å². The second-order valence-corrected chi connectivity index (χ2v) is 4.22. The molecule has 1 aliphatic heterocycles. The van der Waals surface area contributed by atoms with Crippen molar-refractivity contribution in [3.8, 4) is 0 Å². The van der Waals surface area contributed by atoms with Crippen molar-refractivity contribution < 1.29 is 13.6 Å². The summed E-state index contributed by atoms with van der Waals surface area (Å²) in [6.07, 6.45) is 0.796. The first-order chi connectivity index (χ1) is 8.02. The Morgan fingerprint density at radius 1 is 1.47 bits per heavy atom. The molecule has 17 heavy (non-hydrogen) atoms. The van der Waals surface area contributed by atoms with Gasteiger partial charge in [-0.15, -0.1) is 0 Å². The van der Waals surface area contributed by atoms with Crippen LogP contribution in [0.4, 0.5) is 20.2 Å². The third-order valence-electron chi connectivity index (χ3n) is 3.04. The van der Waals surface area contributed by atoms with E-state index < -0.39 is 11.6 Å². The van der Waals surface area contributed by atoms with Crippen LogP contribution in [0.1, 0.15) is 20.3 Å². The van der Waals surface area contributed by atoms with E-state index in [0.29, 0.717) is 5.69 Å². The lowest BCUT2D eigenvalue weighted by atomic mass is 10.1. The molecule has 1 unspecified atom stereocenters. The summed E-state index contributed by atoms with van der Waals surface area (Å²) in [5.41, 5.74) is 0.486. The number of anilines is 2. The molecule has 1 heterocycles. The van der Waals surface area contributed by atoms with Gasteiger partial charge in [0.25, 0.3) is 0 Å². The number of carbonyl (C=O) groups is 1. The smallest absolute Gasteiger partial charge is 0.244 e. The molecular formula is C12H14F2N2O. The average Bonchev–Trinajstić information content (AvgIpc) is 2.28. The van der Waals surface area contributed by atoms with Gasteiger partial charge in [0.2, 0.25) is 5.91 Å². The molecule has 2 rings (SSSR count). The van der Waals surface area contributed by atoms with Crippen molar-refractivity contribution in [3.05, 3.63) is 23.8 Å². The Balaban J connectivity index is 2.52. The number of hydrogen-bond acceptors (Lipinski definition) is 2. The second-order valence-electron chi connectivity index (χ2n) is 4.22. The van der Waals surface area contributed by atoms with E-state index in [9.17, 15) is 13.6 Å².